The summed E-state index contributed by atoms with van der Waals surface area (Å²) in [6.07, 6.45) is 3.79. The molecule has 0 aromatic heterocycles. The summed E-state index contributed by atoms with van der Waals surface area (Å²) in [5, 5.41) is 15.5. The molecule has 0 unspecified atom stereocenters. The highest BCUT2D eigenvalue weighted by atomic mass is 16.3. The SMILES string of the molecule is [N-]=[N+]=NCCCCCC(=O)NCCc1ccc(O)cc1. The lowest BCUT2D eigenvalue weighted by Crippen LogP contribution is -2.25. The van der Waals surface area contributed by atoms with Crippen LogP contribution in [-0.2, 0) is 11.2 Å². The maximum atomic E-state index is 11.5. The molecule has 1 aromatic carbocycles. The van der Waals surface area contributed by atoms with Crippen LogP contribution in [0.4, 0.5) is 0 Å². The summed E-state index contributed by atoms with van der Waals surface area (Å²) in [7, 11) is 0. The first-order chi connectivity index (χ1) is 9.72. The molecule has 0 spiro atoms. The van der Waals surface area contributed by atoms with Gasteiger partial charge in [-0.25, -0.2) is 0 Å². The molecule has 0 saturated carbocycles. The topological polar surface area (TPSA) is 98.1 Å². The van der Waals surface area contributed by atoms with Crippen molar-refractivity contribution in [2.24, 2.45) is 5.11 Å². The molecule has 0 aliphatic rings. The molecule has 0 heterocycles. The van der Waals surface area contributed by atoms with Crippen LogP contribution in [0.5, 0.6) is 5.75 Å². The van der Waals surface area contributed by atoms with Crippen LogP contribution < -0.4 is 5.32 Å². The molecule has 0 atom stereocenters. The molecule has 1 amide bonds. The van der Waals surface area contributed by atoms with E-state index >= 15 is 0 Å². The minimum Gasteiger partial charge on any atom is -0.508 e. The van der Waals surface area contributed by atoms with Crippen LogP contribution in [0.25, 0.3) is 10.4 Å². The number of phenols is 1. The van der Waals surface area contributed by atoms with Crippen LogP contribution in [0.2, 0.25) is 0 Å². The monoisotopic (exact) mass is 276 g/mol. The molecule has 0 fully saturated rings. The molecule has 6 nitrogen and oxygen atoms in total. The minimum absolute atomic E-state index is 0.0487. The highest BCUT2D eigenvalue weighted by Gasteiger charge is 2.01. The molecule has 6 heteroatoms. The average molecular weight is 276 g/mol. The van der Waals surface area contributed by atoms with Gasteiger partial charge in [0.15, 0.2) is 0 Å². The molecule has 0 aliphatic carbocycles. The van der Waals surface area contributed by atoms with E-state index in [2.05, 4.69) is 15.3 Å². The first-order valence-corrected chi connectivity index (χ1v) is 6.78. The number of unbranched alkanes of at least 4 members (excludes halogenated alkanes) is 2. The second-order valence-corrected chi connectivity index (χ2v) is 4.53. The van der Waals surface area contributed by atoms with Gasteiger partial charge in [-0.1, -0.05) is 23.7 Å². The largest absolute Gasteiger partial charge is 0.508 e. The number of aromatic hydroxyl groups is 1. The number of benzene rings is 1. The quantitative estimate of drug-likeness (QED) is 0.314. The van der Waals surface area contributed by atoms with Gasteiger partial charge in [0.2, 0.25) is 5.91 Å². The number of phenolic OH excluding ortho intramolecular Hbond substituents is 1. The Morgan fingerprint density at radius 3 is 2.70 bits per heavy atom. The van der Waals surface area contributed by atoms with Crippen LogP contribution in [0.3, 0.4) is 0 Å². The van der Waals surface area contributed by atoms with Gasteiger partial charge >= 0.3 is 0 Å². The van der Waals surface area contributed by atoms with Gasteiger partial charge < -0.3 is 10.4 Å². The summed E-state index contributed by atoms with van der Waals surface area (Å²) in [5.74, 6) is 0.297. The molecule has 0 radical (unpaired) electrons. The van der Waals surface area contributed by atoms with Gasteiger partial charge in [0.1, 0.15) is 5.75 Å². The van der Waals surface area contributed by atoms with Crippen LogP contribution in [0, 0.1) is 0 Å². The Labute approximate surface area is 118 Å². The van der Waals surface area contributed by atoms with E-state index in [0.29, 0.717) is 19.5 Å². The number of hydrogen-bond donors (Lipinski definition) is 2. The van der Waals surface area contributed by atoms with Crippen LogP contribution in [-0.4, -0.2) is 24.1 Å². The lowest BCUT2D eigenvalue weighted by atomic mass is 10.1. The number of carbonyl (C=O) groups is 1. The fourth-order valence-electron chi connectivity index (χ4n) is 1.79. The van der Waals surface area contributed by atoms with Gasteiger partial charge in [0, 0.05) is 24.4 Å². The lowest BCUT2D eigenvalue weighted by molar-refractivity contribution is -0.121. The predicted octanol–water partition coefficient (Wildman–Crippen LogP) is 2.92. The maximum Gasteiger partial charge on any atom is 0.220 e. The van der Waals surface area contributed by atoms with Crippen molar-refractivity contribution in [3.8, 4) is 5.75 Å². The first kappa shape index (κ1) is 15.9. The van der Waals surface area contributed by atoms with Crippen molar-refractivity contribution < 1.29 is 9.90 Å². The van der Waals surface area contributed by atoms with Gasteiger partial charge in [-0.2, -0.15) is 0 Å². The Balaban J connectivity index is 2.05. The number of rotatable bonds is 9. The average Bonchev–Trinajstić information content (AvgIpc) is 2.45. The van der Waals surface area contributed by atoms with E-state index in [9.17, 15) is 4.79 Å². The fourth-order valence-corrected chi connectivity index (χ4v) is 1.79. The minimum atomic E-state index is 0.0487. The molecular weight excluding hydrogens is 256 g/mol. The lowest BCUT2D eigenvalue weighted by Gasteiger charge is -2.05. The normalized spacial score (nSPS) is 9.80. The number of hydrogen-bond acceptors (Lipinski definition) is 3. The standard InChI is InChI=1S/C14H20N4O2/c15-18-17-10-3-1-2-4-14(20)16-11-9-12-5-7-13(19)8-6-12/h5-8,19H,1-4,9-11H2,(H,16,20). The maximum absolute atomic E-state index is 11.5. The zero-order valence-electron chi connectivity index (χ0n) is 11.5. The van der Waals surface area contributed by atoms with Crippen molar-refractivity contribution in [1.29, 1.82) is 0 Å². The number of nitrogens with zero attached hydrogens (tertiary/aromatic N) is 3. The van der Waals surface area contributed by atoms with Crippen LogP contribution in [0.1, 0.15) is 31.2 Å². The van der Waals surface area contributed by atoms with Gasteiger partial charge in [-0.3, -0.25) is 4.79 Å². The molecular formula is C14H20N4O2. The second-order valence-electron chi connectivity index (χ2n) is 4.53. The number of amides is 1. The molecule has 1 aromatic rings. The zero-order chi connectivity index (χ0) is 14.6. The Bertz CT molecular complexity index is 453. The second kappa shape index (κ2) is 9.69. The van der Waals surface area contributed by atoms with Gasteiger partial charge in [-0.05, 0) is 42.5 Å². The summed E-state index contributed by atoms with van der Waals surface area (Å²) in [6, 6.07) is 6.97. The Hall–Kier alpha value is -2.20. The Morgan fingerprint density at radius 1 is 1.25 bits per heavy atom. The predicted molar refractivity (Wildman–Crippen MR) is 77.3 cm³/mol. The van der Waals surface area contributed by atoms with Crippen molar-refractivity contribution in [2.45, 2.75) is 32.1 Å². The summed E-state index contributed by atoms with van der Waals surface area (Å²) < 4.78 is 0. The smallest absolute Gasteiger partial charge is 0.220 e. The third-order valence-electron chi connectivity index (χ3n) is 2.90. The molecule has 0 aliphatic heterocycles. The van der Waals surface area contributed by atoms with Crippen molar-refractivity contribution in [2.75, 3.05) is 13.1 Å². The highest BCUT2D eigenvalue weighted by molar-refractivity contribution is 5.75. The van der Waals surface area contributed by atoms with Gasteiger partial charge in [0.25, 0.3) is 0 Å². The summed E-state index contributed by atoms with van der Waals surface area (Å²) in [5.41, 5.74) is 9.18. The van der Waals surface area contributed by atoms with E-state index in [-0.39, 0.29) is 11.7 Å². The van der Waals surface area contributed by atoms with E-state index in [1.807, 2.05) is 12.1 Å². The Morgan fingerprint density at radius 2 is 2.00 bits per heavy atom. The summed E-state index contributed by atoms with van der Waals surface area (Å²) in [4.78, 5) is 14.2. The highest BCUT2D eigenvalue weighted by Crippen LogP contribution is 2.09. The third-order valence-corrected chi connectivity index (χ3v) is 2.90. The Kier molecular flexibility index (Phi) is 7.69. The van der Waals surface area contributed by atoms with E-state index in [0.717, 1.165) is 31.2 Å². The number of carbonyl (C=O) groups excluding carboxylic acids is 1. The van der Waals surface area contributed by atoms with E-state index in [1.54, 1.807) is 12.1 Å². The summed E-state index contributed by atoms with van der Waals surface area (Å²) in [6.45, 7) is 1.10. The van der Waals surface area contributed by atoms with Crippen LogP contribution in [0.15, 0.2) is 29.4 Å². The molecule has 0 bridgehead atoms. The van der Waals surface area contributed by atoms with Crippen molar-refractivity contribution >= 4 is 5.91 Å². The van der Waals surface area contributed by atoms with E-state index < -0.39 is 0 Å². The van der Waals surface area contributed by atoms with Crippen molar-refractivity contribution in [3.05, 3.63) is 40.3 Å². The van der Waals surface area contributed by atoms with Crippen LogP contribution >= 0.6 is 0 Å². The molecule has 0 saturated heterocycles. The number of nitrogens with one attached hydrogen (secondary N) is 1. The fraction of sp³-hybridized carbons (Fsp3) is 0.500. The van der Waals surface area contributed by atoms with Crippen molar-refractivity contribution in [1.82, 2.24) is 5.32 Å². The molecule has 20 heavy (non-hydrogen) atoms. The van der Waals surface area contributed by atoms with Gasteiger partial charge in [-0.15, -0.1) is 0 Å². The first-order valence-electron chi connectivity index (χ1n) is 6.78. The third kappa shape index (κ3) is 7.28. The summed E-state index contributed by atoms with van der Waals surface area (Å²) >= 11 is 0. The zero-order valence-corrected chi connectivity index (χ0v) is 11.5. The molecule has 2 N–H and O–H groups in total. The molecule has 1 rings (SSSR count). The van der Waals surface area contributed by atoms with Crippen molar-refractivity contribution in [3.63, 3.8) is 0 Å². The van der Waals surface area contributed by atoms with E-state index in [4.69, 9.17) is 10.6 Å². The number of azide groups is 1. The van der Waals surface area contributed by atoms with E-state index in [1.165, 1.54) is 0 Å². The molecule has 108 valence electrons. The van der Waals surface area contributed by atoms with Gasteiger partial charge in [0.05, 0.1) is 0 Å².